The van der Waals surface area contributed by atoms with Gasteiger partial charge in [-0.1, -0.05) is 97.1 Å². The van der Waals surface area contributed by atoms with Gasteiger partial charge in [0.25, 0.3) is 0 Å². The SMILES string of the molecule is c1ccc(-c2ccc(-c3nc(-c4ccccc4)nc(-c4ccc5oc6ccc(-c7ccc(-c8cccnc8)cn7)cc6c5c4)n3)cc2)cc1. The van der Waals surface area contributed by atoms with E-state index in [4.69, 9.17) is 24.4 Å². The molecule has 6 heteroatoms. The zero-order valence-corrected chi connectivity index (χ0v) is 26.2. The summed E-state index contributed by atoms with van der Waals surface area (Å²) in [6.45, 7) is 0. The second kappa shape index (κ2) is 12.1. The van der Waals surface area contributed by atoms with Gasteiger partial charge in [-0.05, 0) is 59.7 Å². The first-order valence-electron chi connectivity index (χ1n) is 16.1. The molecule has 0 unspecified atom stereocenters. The number of fused-ring (bicyclic) bond motifs is 3. The number of hydrogen-bond acceptors (Lipinski definition) is 6. The van der Waals surface area contributed by atoms with Gasteiger partial charge >= 0.3 is 0 Å². The molecule has 0 radical (unpaired) electrons. The Balaban J connectivity index is 1.12. The van der Waals surface area contributed by atoms with Gasteiger partial charge in [0.05, 0.1) is 5.69 Å². The van der Waals surface area contributed by atoms with E-state index in [2.05, 4.69) is 59.6 Å². The van der Waals surface area contributed by atoms with Crippen LogP contribution in [0.4, 0.5) is 0 Å². The van der Waals surface area contributed by atoms with Crippen molar-refractivity contribution < 1.29 is 4.42 Å². The maximum atomic E-state index is 6.26. The molecule has 9 aromatic rings. The lowest BCUT2D eigenvalue weighted by Crippen LogP contribution is -2.00. The number of benzene rings is 5. The Kier molecular flexibility index (Phi) is 7.02. The first kappa shape index (κ1) is 28.4. The largest absolute Gasteiger partial charge is 0.456 e. The molecule has 0 spiro atoms. The molecule has 5 aromatic carbocycles. The molecule has 0 aliphatic rings. The smallest absolute Gasteiger partial charge is 0.164 e. The number of rotatable bonds is 6. The zero-order valence-electron chi connectivity index (χ0n) is 26.2. The molecule has 9 rings (SSSR count). The van der Waals surface area contributed by atoms with Crippen LogP contribution in [0.2, 0.25) is 0 Å². The van der Waals surface area contributed by atoms with E-state index in [9.17, 15) is 0 Å². The van der Waals surface area contributed by atoms with Crippen LogP contribution in [0.15, 0.2) is 169 Å². The maximum Gasteiger partial charge on any atom is 0.164 e. The Morgan fingerprint density at radius 3 is 1.49 bits per heavy atom. The predicted molar refractivity (Wildman–Crippen MR) is 195 cm³/mol. The van der Waals surface area contributed by atoms with E-state index < -0.39 is 0 Å². The Hall–Kier alpha value is -6.79. The summed E-state index contributed by atoms with van der Waals surface area (Å²) in [5.41, 5.74) is 10.6. The third-order valence-corrected chi connectivity index (χ3v) is 8.70. The fraction of sp³-hybridized carbons (Fsp3) is 0. The highest BCUT2D eigenvalue weighted by atomic mass is 16.3. The van der Waals surface area contributed by atoms with E-state index in [0.29, 0.717) is 17.5 Å². The minimum absolute atomic E-state index is 0.594. The van der Waals surface area contributed by atoms with Crippen molar-refractivity contribution in [3.8, 4) is 67.7 Å². The first-order chi connectivity index (χ1) is 24.2. The molecule has 4 aromatic heterocycles. The molecular weight excluding hydrogens is 603 g/mol. The average Bonchev–Trinajstić information content (AvgIpc) is 3.56. The number of pyridine rings is 2. The summed E-state index contributed by atoms with van der Waals surface area (Å²) in [7, 11) is 0. The van der Waals surface area contributed by atoms with E-state index in [1.165, 1.54) is 0 Å². The molecule has 4 heterocycles. The summed E-state index contributed by atoms with van der Waals surface area (Å²) >= 11 is 0. The number of aromatic nitrogens is 5. The van der Waals surface area contributed by atoms with Crippen molar-refractivity contribution in [1.29, 1.82) is 0 Å². The average molecular weight is 630 g/mol. The van der Waals surface area contributed by atoms with Crippen LogP contribution in [0, 0.1) is 0 Å². The Bertz CT molecular complexity index is 2570. The summed E-state index contributed by atoms with van der Waals surface area (Å²) in [5.74, 6) is 1.83. The summed E-state index contributed by atoms with van der Waals surface area (Å²) in [4.78, 5) is 23.9. The van der Waals surface area contributed by atoms with Crippen LogP contribution in [0.25, 0.3) is 89.6 Å². The van der Waals surface area contributed by atoms with Gasteiger partial charge in [0, 0.05) is 62.7 Å². The highest BCUT2D eigenvalue weighted by Gasteiger charge is 2.16. The van der Waals surface area contributed by atoms with Crippen molar-refractivity contribution in [2.45, 2.75) is 0 Å². The molecule has 0 amide bonds. The molecule has 6 nitrogen and oxygen atoms in total. The first-order valence-corrected chi connectivity index (χ1v) is 16.1. The normalized spacial score (nSPS) is 11.3. The minimum atomic E-state index is 0.594. The van der Waals surface area contributed by atoms with Gasteiger partial charge in [0.1, 0.15) is 11.2 Å². The van der Waals surface area contributed by atoms with Crippen molar-refractivity contribution in [1.82, 2.24) is 24.9 Å². The molecule has 0 saturated heterocycles. The third kappa shape index (κ3) is 5.51. The van der Waals surface area contributed by atoms with Crippen molar-refractivity contribution in [3.63, 3.8) is 0 Å². The van der Waals surface area contributed by atoms with Gasteiger partial charge in [-0.15, -0.1) is 0 Å². The molecule has 49 heavy (non-hydrogen) atoms. The van der Waals surface area contributed by atoms with Crippen LogP contribution in [0.5, 0.6) is 0 Å². The molecule has 0 atom stereocenters. The quantitative estimate of drug-likeness (QED) is 0.182. The van der Waals surface area contributed by atoms with Gasteiger partial charge < -0.3 is 4.42 Å². The zero-order chi connectivity index (χ0) is 32.6. The molecule has 0 aliphatic heterocycles. The molecule has 0 aliphatic carbocycles. The number of furan rings is 1. The molecule has 0 fully saturated rings. The van der Waals surface area contributed by atoms with E-state index in [1.807, 2.05) is 103 Å². The standard InChI is InChI=1S/C43H27N5O/c1-3-8-28(9-4-1)29-13-15-31(16-14-29)42-46-41(30-10-5-2-6-11-30)47-43(48-42)33-19-22-40-37(25-33)36-24-32(18-21-39(36)49-40)38-20-17-35(27-45-38)34-12-7-23-44-26-34/h1-27H. The van der Waals surface area contributed by atoms with E-state index >= 15 is 0 Å². The fourth-order valence-corrected chi connectivity index (χ4v) is 6.14. The van der Waals surface area contributed by atoms with E-state index in [0.717, 1.165) is 72.1 Å². The lowest BCUT2D eigenvalue weighted by Gasteiger charge is -2.09. The maximum absolute atomic E-state index is 6.26. The van der Waals surface area contributed by atoms with Crippen molar-refractivity contribution >= 4 is 21.9 Å². The van der Waals surface area contributed by atoms with Gasteiger partial charge in [0.2, 0.25) is 0 Å². The van der Waals surface area contributed by atoms with Gasteiger partial charge in [-0.25, -0.2) is 15.0 Å². The highest BCUT2D eigenvalue weighted by molar-refractivity contribution is 6.07. The van der Waals surface area contributed by atoms with E-state index in [1.54, 1.807) is 6.20 Å². The van der Waals surface area contributed by atoms with Gasteiger partial charge in [0.15, 0.2) is 17.5 Å². The summed E-state index contributed by atoms with van der Waals surface area (Å²) < 4.78 is 6.26. The third-order valence-electron chi connectivity index (χ3n) is 8.70. The molecular formula is C43H27N5O. The Morgan fingerprint density at radius 2 is 0.857 bits per heavy atom. The topological polar surface area (TPSA) is 77.6 Å². The minimum Gasteiger partial charge on any atom is -0.456 e. The second-order valence-electron chi connectivity index (χ2n) is 11.8. The van der Waals surface area contributed by atoms with Crippen molar-refractivity contribution in [2.24, 2.45) is 0 Å². The van der Waals surface area contributed by atoms with Crippen LogP contribution < -0.4 is 0 Å². The number of hydrogen-bond donors (Lipinski definition) is 0. The lowest BCUT2D eigenvalue weighted by molar-refractivity contribution is 0.669. The summed E-state index contributed by atoms with van der Waals surface area (Å²) in [6, 6.07) is 49.1. The number of nitrogens with zero attached hydrogens (tertiary/aromatic N) is 5. The molecule has 230 valence electrons. The summed E-state index contributed by atoms with van der Waals surface area (Å²) in [5, 5.41) is 1.98. The van der Waals surface area contributed by atoms with Crippen LogP contribution in [-0.4, -0.2) is 24.9 Å². The van der Waals surface area contributed by atoms with Crippen LogP contribution in [0.3, 0.4) is 0 Å². The van der Waals surface area contributed by atoms with E-state index in [-0.39, 0.29) is 0 Å². The summed E-state index contributed by atoms with van der Waals surface area (Å²) in [6.07, 6.45) is 5.51. The van der Waals surface area contributed by atoms with Gasteiger partial charge in [-0.3, -0.25) is 9.97 Å². The highest BCUT2D eigenvalue weighted by Crippen LogP contribution is 2.35. The Labute approximate surface area is 282 Å². The second-order valence-corrected chi connectivity index (χ2v) is 11.8. The van der Waals surface area contributed by atoms with Crippen molar-refractivity contribution in [3.05, 3.63) is 164 Å². The van der Waals surface area contributed by atoms with Crippen LogP contribution in [0.1, 0.15) is 0 Å². The molecule has 0 saturated carbocycles. The lowest BCUT2D eigenvalue weighted by atomic mass is 10.0. The fourth-order valence-electron chi connectivity index (χ4n) is 6.14. The van der Waals surface area contributed by atoms with Gasteiger partial charge in [-0.2, -0.15) is 0 Å². The van der Waals surface area contributed by atoms with Crippen molar-refractivity contribution in [2.75, 3.05) is 0 Å². The molecule has 0 bridgehead atoms. The molecule has 0 N–H and O–H groups in total. The van der Waals surface area contributed by atoms with Crippen LogP contribution >= 0.6 is 0 Å². The monoisotopic (exact) mass is 629 g/mol. The Morgan fingerprint density at radius 1 is 0.367 bits per heavy atom. The van der Waals surface area contributed by atoms with Crippen LogP contribution in [-0.2, 0) is 0 Å². The predicted octanol–water partition coefficient (Wildman–Crippen LogP) is 10.6.